The van der Waals surface area contributed by atoms with Crippen molar-refractivity contribution in [2.45, 2.75) is 51.1 Å². The standard InChI is InChI=1S/C18H22ClN4OS/c1-17(2,3)22(4)13(24)8-23-9-18(23)6-5-11-12(7-18)25-16-14(11)15(19)20-10-21-16/h9-10H,5-8H2,1-4H3/q+1. The number of likely N-dealkylation sites (N-methyl/N-ethyl adjacent to an activating group) is 1. The van der Waals surface area contributed by atoms with Crippen molar-refractivity contribution in [2.24, 2.45) is 0 Å². The zero-order chi connectivity index (χ0) is 18.0. The Morgan fingerprint density at radius 1 is 1.44 bits per heavy atom. The van der Waals surface area contributed by atoms with Crippen LogP contribution >= 0.6 is 22.9 Å². The molecule has 0 saturated heterocycles. The summed E-state index contributed by atoms with van der Waals surface area (Å²) in [6, 6.07) is 0. The van der Waals surface area contributed by atoms with Gasteiger partial charge in [0.05, 0.1) is 11.8 Å². The molecule has 5 nitrogen and oxygen atoms in total. The van der Waals surface area contributed by atoms with E-state index < -0.39 is 0 Å². The van der Waals surface area contributed by atoms with E-state index in [1.807, 2.05) is 11.9 Å². The first-order valence-electron chi connectivity index (χ1n) is 8.51. The van der Waals surface area contributed by atoms with Gasteiger partial charge in [-0.1, -0.05) is 11.6 Å². The van der Waals surface area contributed by atoms with Crippen LogP contribution in [-0.2, 0) is 17.6 Å². The van der Waals surface area contributed by atoms with Gasteiger partial charge in [0.25, 0.3) is 5.91 Å². The van der Waals surface area contributed by atoms with Crippen LogP contribution in [0.4, 0.5) is 0 Å². The molecule has 0 aromatic carbocycles. The molecule has 2 aliphatic rings. The highest BCUT2D eigenvalue weighted by atomic mass is 35.5. The summed E-state index contributed by atoms with van der Waals surface area (Å²) in [6.45, 7) is 6.62. The topological polar surface area (TPSA) is 49.1 Å². The third-order valence-corrected chi connectivity index (χ3v) is 6.91. The lowest BCUT2D eigenvalue weighted by molar-refractivity contribution is -0.496. The molecule has 0 N–H and O–H groups in total. The quantitative estimate of drug-likeness (QED) is 0.597. The zero-order valence-corrected chi connectivity index (χ0v) is 16.5. The lowest BCUT2D eigenvalue weighted by atomic mass is 9.86. The molecule has 0 radical (unpaired) electrons. The second-order valence-electron chi connectivity index (χ2n) is 8.01. The van der Waals surface area contributed by atoms with E-state index in [1.165, 1.54) is 16.8 Å². The van der Waals surface area contributed by atoms with Gasteiger partial charge in [-0.2, -0.15) is 0 Å². The highest BCUT2D eigenvalue weighted by Gasteiger charge is 2.58. The fraction of sp³-hybridized carbons (Fsp3) is 0.556. The van der Waals surface area contributed by atoms with Gasteiger partial charge in [-0.15, -0.1) is 11.3 Å². The molecule has 0 bridgehead atoms. The maximum Gasteiger partial charge on any atom is 0.288 e. The highest BCUT2D eigenvalue weighted by molar-refractivity contribution is 7.19. The average molecular weight is 378 g/mol. The van der Waals surface area contributed by atoms with E-state index in [1.54, 1.807) is 11.3 Å². The molecule has 7 heteroatoms. The molecule has 1 aliphatic carbocycles. The summed E-state index contributed by atoms with van der Waals surface area (Å²) in [5.41, 5.74) is 1.18. The minimum atomic E-state index is -0.152. The molecule has 0 saturated carbocycles. The van der Waals surface area contributed by atoms with Crippen molar-refractivity contribution >= 4 is 45.3 Å². The number of halogens is 1. The Morgan fingerprint density at radius 3 is 2.92 bits per heavy atom. The van der Waals surface area contributed by atoms with Crippen molar-refractivity contribution in [3.63, 3.8) is 0 Å². The van der Waals surface area contributed by atoms with Crippen molar-refractivity contribution < 1.29 is 9.37 Å². The summed E-state index contributed by atoms with van der Waals surface area (Å²) < 4.78 is 2.21. The second kappa shape index (κ2) is 5.48. The molecule has 3 heterocycles. The van der Waals surface area contributed by atoms with Gasteiger partial charge < -0.3 is 4.90 Å². The van der Waals surface area contributed by atoms with Gasteiger partial charge >= 0.3 is 0 Å². The number of nitrogens with zero attached hydrogens (tertiary/aromatic N) is 4. The molecule has 4 rings (SSSR count). The average Bonchev–Trinajstić information content (AvgIpc) is 3.02. The van der Waals surface area contributed by atoms with Crippen molar-refractivity contribution in [1.29, 1.82) is 0 Å². The molecule has 2 aromatic heterocycles. The lowest BCUT2D eigenvalue weighted by Crippen LogP contribution is -2.45. The molecule has 1 aliphatic heterocycles. The summed E-state index contributed by atoms with van der Waals surface area (Å²) in [7, 11) is 1.88. The summed E-state index contributed by atoms with van der Waals surface area (Å²) in [5, 5.41) is 1.58. The number of rotatable bonds is 2. The Labute approximate surface area is 156 Å². The van der Waals surface area contributed by atoms with Crippen LogP contribution in [0.1, 0.15) is 37.6 Å². The molecule has 1 unspecified atom stereocenters. The third kappa shape index (κ3) is 2.75. The largest absolute Gasteiger partial charge is 0.335 e. The van der Waals surface area contributed by atoms with Gasteiger partial charge in [0.2, 0.25) is 18.3 Å². The molecule has 2 aromatic rings. The number of aromatic nitrogens is 2. The Balaban J connectivity index is 1.52. The predicted octanol–water partition coefficient (Wildman–Crippen LogP) is 2.93. The van der Waals surface area contributed by atoms with E-state index in [0.29, 0.717) is 11.7 Å². The smallest absolute Gasteiger partial charge is 0.288 e. The summed E-state index contributed by atoms with van der Waals surface area (Å²) in [6.07, 6.45) is 6.66. The van der Waals surface area contributed by atoms with Gasteiger partial charge in [0, 0.05) is 23.9 Å². The Kier molecular flexibility index (Phi) is 3.71. The molecular formula is C18H22ClN4OS+. The number of aryl methyl sites for hydroxylation is 1. The van der Waals surface area contributed by atoms with Crippen LogP contribution in [-0.4, -0.2) is 56.2 Å². The fourth-order valence-electron chi connectivity index (χ4n) is 3.56. The summed E-state index contributed by atoms with van der Waals surface area (Å²) in [4.78, 5) is 25.2. The van der Waals surface area contributed by atoms with Crippen LogP contribution in [0.2, 0.25) is 5.15 Å². The van der Waals surface area contributed by atoms with Crippen LogP contribution in [0.15, 0.2) is 6.33 Å². The van der Waals surface area contributed by atoms with Crippen LogP contribution in [0.3, 0.4) is 0 Å². The van der Waals surface area contributed by atoms with Crippen LogP contribution < -0.4 is 0 Å². The first-order valence-corrected chi connectivity index (χ1v) is 9.71. The number of hydrogen-bond donors (Lipinski definition) is 0. The number of carbonyl (C=O) groups excluding carboxylic acids is 1. The van der Waals surface area contributed by atoms with Crippen LogP contribution in [0.25, 0.3) is 10.2 Å². The van der Waals surface area contributed by atoms with Crippen molar-refractivity contribution in [3.05, 3.63) is 21.9 Å². The molecule has 132 valence electrons. The molecule has 25 heavy (non-hydrogen) atoms. The van der Waals surface area contributed by atoms with Gasteiger partial charge in [-0.25, -0.2) is 14.5 Å². The van der Waals surface area contributed by atoms with E-state index in [9.17, 15) is 4.79 Å². The van der Waals surface area contributed by atoms with E-state index >= 15 is 0 Å². The number of amides is 1. The van der Waals surface area contributed by atoms with E-state index in [4.69, 9.17) is 11.6 Å². The number of carbonyl (C=O) groups is 1. The predicted molar refractivity (Wildman–Crippen MR) is 101 cm³/mol. The number of thiophene rings is 1. The first-order chi connectivity index (χ1) is 11.7. The van der Waals surface area contributed by atoms with E-state index in [2.05, 4.69) is 41.5 Å². The maximum absolute atomic E-state index is 12.5. The van der Waals surface area contributed by atoms with Crippen LogP contribution in [0, 0.1) is 0 Å². The molecule has 0 fully saturated rings. The molecule has 1 atom stereocenters. The van der Waals surface area contributed by atoms with Gasteiger partial charge in [0.1, 0.15) is 16.3 Å². The van der Waals surface area contributed by atoms with Gasteiger partial charge in [-0.05, 0) is 32.8 Å². The SMILES string of the molecule is CN(C(=O)C[N+]1=CC12CCc1c(sc3ncnc(Cl)c13)C2)C(C)(C)C. The second-order valence-corrected chi connectivity index (χ2v) is 9.45. The van der Waals surface area contributed by atoms with Crippen molar-refractivity contribution in [3.8, 4) is 0 Å². The van der Waals surface area contributed by atoms with Crippen LogP contribution in [0.5, 0.6) is 0 Å². The van der Waals surface area contributed by atoms with Gasteiger partial charge in [0.15, 0.2) is 0 Å². The van der Waals surface area contributed by atoms with E-state index in [-0.39, 0.29) is 17.0 Å². The summed E-state index contributed by atoms with van der Waals surface area (Å²) >= 11 is 7.99. The zero-order valence-electron chi connectivity index (χ0n) is 15.0. The maximum atomic E-state index is 12.5. The number of hydrogen-bond acceptors (Lipinski definition) is 4. The van der Waals surface area contributed by atoms with Crippen molar-refractivity contribution in [2.75, 3.05) is 13.6 Å². The minimum absolute atomic E-state index is 0.0299. The minimum Gasteiger partial charge on any atom is -0.335 e. The number of fused-ring (bicyclic) bond motifs is 3. The Bertz CT molecular complexity index is 914. The summed E-state index contributed by atoms with van der Waals surface area (Å²) in [5.74, 6) is 0.164. The molecular weight excluding hydrogens is 356 g/mol. The molecule has 1 spiro atoms. The molecule has 1 amide bonds. The first kappa shape index (κ1) is 16.9. The third-order valence-electron chi connectivity index (χ3n) is 5.49. The monoisotopic (exact) mass is 377 g/mol. The van der Waals surface area contributed by atoms with Gasteiger partial charge in [-0.3, -0.25) is 4.79 Å². The Morgan fingerprint density at radius 2 is 2.20 bits per heavy atom. The lowest BCUT2D eigenvalue weighted by Gasteiger charge is -2.31. The normalized spacial score (nSPS) is 22.0. The Hall–Kier alpha value is -1.53. The van der Waals surface area contributed by atoms with E-state index in [0.717, 1.165) is 29.5 Å². The van der Waals surface area contributed by atoms with Crippen molar-refractivity contribution in [1.82, 2.24) is 14.9 Å². The fourth-order valence-corrected chi connectivity index (χ4v) is 5.17. The highest BCUT2D eigenvalue weighted by Crippen LogP contribution is 2.44.